The Labute approximate surface area is 194 Å². The highest BCUT2D eigenvalue weighted by Gasteiger charge is 2.71. The molecule has 0 N–H and O–H groups in total. The molecule has 1 spiro atoms. The van der Waals surface area contributed by atoms with Gasteiger partial charge in [0.25, 0.3) is 0 Å². The molecule has 1 aromatic rings. The zero-order valence-electron chi connectivity index (χ0n) is 19.0. The van der Waals surface area contributed by atoms with Gasteiger partial charge < -0.3 is 36.4 Å². The standard InChI is InChI=1S/C23H26N2O4.BF4/c1-27-16-8-14-15(9-17(16)28-2)25-20(26)10-18-21-13-7-19-23(14,22(21)25)4-5-24(19)11-12(13)3-6-29-18;2-1(3,4)5/h3,8-9,13,18-19,21-22H,4-7,10-11H2,1-2H3;/q;-1/t13-,18-,19-,21-,22-,23+;/m0./s1. The van der Waals surface area contributed by atoms with Gasteiger partial charge in [0.15, 0.2) is 11.5 Å². The summed E-state index contributed by atoms with van der Waals surface area (Å²) in [7, 11) is -2.64. The number of amides is 1. The van der Waals surface area contributed by atoms with E-state index in [-0.39, 0.29) is 23.5 Å². The van der Waals surface area contributed by atoms with E-state index < -0.39 is 7.25 Å². The Morgan fingerprint density at radius 3 is 2.56 bits per heavy atom. The Kier molecular flexibility index (Phi) is 4.81. The lowest BCUT2D eigenvalue weighted by molar-refractivity contribution is -0.132. The smallest absolute Gasteiger partial charge is 0.493 e. The molecular formula is C23H26BF4N2O4-. The number of halogens is 4. The number of rotatable bonds is 2. The minimum atomic E-state index is -6.00. The first kappa shape index (κ1) is 22.2. The second-order valence-corrected chi connectivity index (χ2v) is 9.98. The lowest BCUT2D eigenvalue weighted by atomic mass is 9.53. The van der Waals surface area contributed by atoms with Crippen molar-refractivity contribution in [1.82, 2.24) is 4.90 Å². The van der Waals surface area contributed by atoms with Crippen molar-refractivity contribution >= 4 is 18.8 Å². The molecule has 184 valence electrons. The largest absolute Gasteiger partial charge is 0.673 e. The number of benzene rings is 1. The van der Waals surface area contributed by atoms with Crippen LogP contribution in [-0.4, -0.2) is 70.2 Å². The molecule has 5 aliphatic heterocycles. The van der Waals surface area contributed by atoms with Gasteiger partial charge in [-0.25, -0.2) is 0 Å². The third-order valence-electron chi connectivity index (χ3n) is 8.81. The molecule has 2 bridgehead atoms. The first-order valence-electron chi connectivity index (χ1n) is 11.7. The van der Waals surface area contributed by atoms with E-state index in [2.05, 4.69) is 21.9 Å². The molecule has 1 aromatic carbocycles. The number of methoxy groups -OCH3 is 2. The Balaban J connectivity index is 0.000000398. The van der Waals surface area contributed by atoms with Crippen LogP contribution in [0.25, 0.3) is 0 Å². The van der Waals surface area contributed by atoms with Crippen LogP contribution in [0.15, 0.2) is 23.8 Å². The van der Waals surface area contributed by atoms with Gasteiger partial charge in [-0.3, -0.25) is 9.69 Å². The van der Waals surface area contributed by atoms with Gasteiger partial charge in [0, 0.05) is 30.0 Å². The number of fused-ring (bicyclic) bond motifs is 2. The third-order valence-corrected chi connectivity index (χ3v) is 8.81. The van der Waals surface area contributed by atoms with Crippen LogP contribution in [0.1, 0.15) is 24.8 Å². The number of carbonyl (C=O) groups excluding carboxylic acids is 1. The molecule has 4 fully saturated rings. The van der Waals surface area contributed by atoms with E-state index in [0.29, 0.717) is 36.7 Å². The van der Waals surface area contributed by atoms with E-state index in [1.54, 1.807) is 19.8 Å². The maximum absolute atomic E-state index is 13.5. The van der Waals surface area contributed by atoms with E-state index in [4.69, 9.17) is 14.2 Å². The summed E-state index contributed by atoms with van der Waals surface area (Å²) >= 11 is 0. The van der Waals surface area contributed by atoms with E-state index in [9.17, 15) is 22.1 Å². The summed E-state index contributed by atoms with van der Waals surface area (Å²) in [6.45, 7) is 2.80. The first-order chi connectivity index (χ1) is 16.2. The van der Waals surface area contributed by atoms with Crippen LogP contribution in [0.2, 0.25) is 0 Å². The lowest BCUT2D eigenvalue weighted by Crippen LogP contribution is -2.69. The highest BCUT2D eigenvalue weighted by molar-refractivity contribution is 6.50. The molecule has 6 aliphatic rings. The average Bonchev–Trinajstić information content (AvgIpc) is 3.24. The van der Waals surface area contributed by atoms with E-state index in [0.717, 1.165) is 30.9 Å². The van der Waals surface area contributed by atoms with E-state index in [1.165, 1.54) is 12.0 Å². The quantitative estimate of drug-likeness (QED) is 0.368. The minimum absolute atomic E-state index is 0.0242. The molecule has 1 amide bonds. The van der Waals surface area contributed by atoms with Crippen LogP contribution in [0.3, 0.4) is 0 Å². The number of ether oxygens (including phenoxy) is 3. The normalized spacial score (nSPS) is 36.8. The van der Waals surface area contributed by atoms with Gasteiger partial charge in [0.1, 0.15) is 0 Å². The molecule has 0 unspecified atom stereocenters. The summed E-state index contributed by atoms with van der Waals surface area (Å²) in [5, 5.41) is 0. The molecular weight excluding hydrogens is 455 g/mol. The highest BCUT2D eigenvalue weighted by atomic mass is 19.5. The Morgan fingerprint density at radius 2 is 1.85 bits per heavy atom. The van der Waals surface area contributed by atoms with Gasteiger partial charge in [-0.05, 0) is 36.9 Å². The van der Waals surface area contributed by atoms with Gasteiger partial charge in [0.2, 0.25) is 5.91 Å². The minimum Gasteiger partial charge on any atom is -0.493 e. The van der Waals surface area contributed by atoms with Gasteiger partial charge in [-0.2, -0.15) is 0 Å². The van der Waals surface area contributed by atoms with E-state index in [1.807, 2.05) is 6.07 Å². The second kappa shape index (κ2) is 7.37. The number of piperidine rings is 2. The van der Waals surface area contributed by atoms with Crippen LogP contribution in [0.4, 0.5) is 23.0 Å². The fraction of sp³-hybridized carbons (Fsp3) is 0.609. The maximum Gasteiger partial charge on any atom is 0.673 e. The van der Waals surface area contributed by atoms with Crippen molar-refractivity contribution in [2.45, 2.75) is 42.9 Å². The van der Waals surface area contributed by atoms with Gasteiger partial charge in [-0.15, -0.1) is 0 Å². The second-order valence-electron chi connectivity index (χ2n) is 9.98. The Morgan fingerprint density at radius 1 is 1.15 bits per heavy atom. The predicted molar refractivity (Wildman–Crippen MR) is 117 cm³/mol. The molecule has 3 saturated heterocycles. The molecule has 34 heavy (non-hydrogen) atoms. The fourth-order valence-corrected chi connectivity index (χ4v) is 7.87. The summed E-state index contributed by atoms with van der Waals surface area (Å²) in [6.07, 6.45) is 5.11. The topological polar surface area (TPSA) is 51.2 Å². The number of hydrogen-bond donors (Lipinski definition) is 0. The van der Waals surface area contributed by atoms with Gasteiger partial charge in [-0.1, -0.05) is 11.6 Å². The molecule has 7 rings (SSSR count). The van der Waals surface area contributed by atoms with Crippen molar-refractivity contribution in [2.24, 2.45) is 11.8 Å². The number of hydrogen-bond acceptors (Lipinski definition) is 5. The van der Waals surface area contributed by atoms with Crippen molar-refractivity contribution in [3.8, 4) is 11.5 Å². The monoisotopic (exact) mass is 481 g/mol. The molecule has 1 aliphatic carbocycles. The summed E-state index contributed by atoms with van der Waals surface area (Å²) in [4.78, 5) is 18.3. The van der Waals surface area contributed by atoms with E-state index >= 15 is 0 Å². The SMILES string of the molecule is COc1cc2c(cc1OC)[C@@]13CCN4CC5=CCO[C@H]6CC(=O)N2[C@H]1[C@H]6[C@H]5C[C@H]43.F[B-](F)(F)F. The average molecular weight is 481 g/mol. The summed E-state index contributed by atoms with van der Waals surface area (Å²) in [5.74, 6) is 2.57. The molecule has 6 atom stereocenters. The van der Waals surface area contributed by atoms with Crippen LogP contribution >= 0.6 is 0 Å². The molecule has 0 radical (unpaired) electrons. The lowest BCUT2D eigenvalue weighted by Gasteiger charge is -2.58. The van der Waals surface area contributed by atoms with Crippen molar-refractivity contribution in [2.75, 3.05) is 38.8 Å². The Bertz CT molecular complexity index is 1080. The number of carbonyl (C=O) groups is 1. The van der Waals surface area contributed by atoms with Gasteiger partial charge >= 0.3 is 7.25 Å². The van der Waals surface area contributed by atoms with Crippen molar-refractivity contribution in [3.63, 3.8) is 0 Å². The zero-order valence-corrected chi connectivity index (χ0v) is 19.0. The van der Waals surface area contributed by atoms with Crippen LogP contribution in [0, 0.1) is 11.8 Å². The van der Waals surface area contributed by atoms with Crippen LogP contribution in [-0.2, 0) is 14.9 Å². The van der Waals surface area contributed by atoms with Crippen LogP contribution < -0.4 is 14.4 Å². The first-order valence-corrected chi connectivity index (χ1v) is 11.7. The van der Waals surface area contributed by atoms with Crippen molar-refractivity contribution < 1.29 is 36.3 Å². The van der Waals surface area contributed by atoms with Crippen LogP contribution in [0.5, 0.6) is 11.5 Å². The molecule has 1 saturated carbocycles. The van der Waals surface area contributed by atoms with Crippen molar-refractivity contribution in [1.29, 1.82) is 0 Å². The fourth-order valence-electron chi connectivity index (χ4n) is 7.87. The third kappa shape index (κ3) is 2.92. The molecule has 11 heteroatoms. The van der Waals surface area contributed by atoms with Gasteiger partial charge in [0.05, 0.1) is 45.1 Å². The summed E-state index contributed by atoms with van der Waals surface area (Å²) in [5.41, 5.74) is 3.85. The van der Waals surface area contributed by atoms with Crippen molar-refractivity contribution in [3.05, 3.63) is 29.3 Å². The number of anilines is 1. The predicted octanol–water partition coefficient (Wildman–Crippen LogP) is 3.41. The summed E-state index contributed by atoms with van der Waals surface area (Å²) in [6, 6.07) is 4.87. The summed E-state index contributed by atoms with van der Waals surface area (Å²) < 4.78 is 56.6. The highest BCUT2D eigenvalue weighted by Crippen LogP contribution is 2.66. The zero-order chi connectivity index (χ0) is 24.0. The maximum atomic E-state index is 13.5. The molecule has 0 aromatic heterocycles. The Hall–Kier alpha value is -2.27. The molecule has 5 heterocycles. The molecule has 6 nitrogen and oxygen atoms in total. The number of nitrogens with zero attached hydrogens (tertiary/aromatic N) is 2.